The molecule has 0 fully saturated rings. The van der Waals surface area contributed by atoms with Crippen LogP contribution >= 0.6 is 0 Å². The topological polar surface area (TPSA) is 17.2 Å². The van der Waals surface area contributed by atoms with Crippen LogP contribution in [0.3, 0.4) is 0 Å². The van der Waals surface area contributed by atoms with Crippen molar-refractivity contribution in [1.29, 1.82) is 0 Å². The van der Waals surface area contributed by atoms with Crippen molar-refractivity contribution >= 4 is 5.69 Å². The van der Waals surface area contributed by atoms with Gasteiger partial charge in [-0.05, 0) is 23.3 Å². The fraction of sp³-hybridized carbons (Fsp3) is 0. The molecule has 0 saturated heterocycles. The molecule has 1 aromatic carbocycles. The van der Waals surface area contributed by atoms with E-state index < -0.39 is 0 Å². The van der Waals surface area contributed by atoms with Gasteiger partial charge < -0.3 is 0 Å². The molecule has 0 radical (unpaired) electrons. The van der Waals surface area contributed by atoms with Gasteiger partial charge in [0, 0.05) is 12.4 Å². The number of hydrogen-bond acceptors (Lipinski definition) is 1. The largest absolute Gasteiger partial charge is 0.264 e. The molecule has 1 aromatic heterocycles. The Labute approximate surface area is 82.7 Å². The summed E-state index contributed by atoms with van der Waals surface area (Å²) in [6.07, 6.45) is 3.53. The quantitative estimate of drug-likeness (QED) is 0.615. The van der Waals surface area contributed by atoms with Gasteiger partial charge >= 0.3 is 0 Å². The van der Waals surface area contributed by atoms with Crippen molar-refractivity contribution in [3.8, 4) is 11.1 Å². The maximum atomic E-state index is 6.91. The van der Waals surface area contributed by atoms with Crippen LogP contribution in [-0.2, 0) is 0 Å². The molecule has 0 atom stereocenters. The highest BCUT2D eigenvalue weighted by Crippen LogP contribution is 2.22. The zero-order valence-corrected chi connectivity index (χ0v) is 7.51. The highest BCUT2D eigenvalue weighted by molar-refractivity contribution is 5.67. The Balaban J connectivity index is 2.49. The Bertz CT molecular complexity index is 469. The van der Waals surface area contributed by atoms with Gasteiger partial charge in [0.1, 0.15) is 0 Å². The van der Waals surface area contributed by atoms with E-state index in [0.29, 0.717) is 5.69 Å². The molecule has 14 heavy (non-hydrogen) atoms. The van der Waals surface area contributed by atoms with Crippen LogP contribution in [0.2, 0.25) is 0 Å². The molecule has 2 rings (SSSR count). The third-order valence-electron chi connectivity index (χ3n) is 1.97. The standard InChI is InChI=1S/C12H8N2/c1-13-12-6-2-4-10(8-12)11-5-3-7-14-9-11/h2-9H. The van der Waals surface area contributed by atoms with Crippen LogP contribution in [0.15, 0.2) is 48.8 Å². The number of pyridine rings is 1. The van der Waals surface area contributed by atoms with Crippen LogP contribution in [0.25, 0.3) is 16.0 Å². The summed E-state index contributed by atoms with van der Waals surface area (Å²) in [7, 11) is 0. The molecule has 0 amide bonds. The van der Waals surface area contributed by atoms with Crippen molar-refractivity contribution in [2.24, 2.45) is 0 Å². The zero-order chi connectivity index (χ0) is 9.80. The Morgan fingerprint density at radius 2 is 1.93 bits per heavy atom. The molecule has 2 heteroatoms. The zero-order valence-electron chi connectivity index (χ0n) is 7.51. The fourth-order valence-corrected chi connectivity index (χ4v) is 1.29. The molecule has 0 aliphatic rings. The van der Waals surface area contributed by atoms with Gasteiger partial charge in [-0.2, -0.15) is 0 Å². The fourth-order valence-electron chi connectivity index (χ4n) is 1.29. The van der Waals surface area contributed by atoms with Crippen LogP contribution in [0.5, 0.6) is 0 Å². The van der Waals surface area contributed by atoms with E-state index in [-0.39, 0.29) is 0 Å². The molecular weight excluding hydrogens is 172 g/mol. The van der Waals surface area contributed by atoms with Crippen LogP contribution in [0.4, 0.5) is 5.69 Å². The minimum absolute atomic E-state index is 0.659. The Morgan fingerprint density at radius 3 is 2.64 bits per heavy atom. The van der Waals surface area contributed by atoms with Gasteiger partial charge in [0.2, 0.25) is 0 Å². The maximum absolute atomic E-state index is 6.91. The van der Waals surface area contributed by atoms with E-state index in [0.717, 1.165) is 11.1 Å². The van der Waals surface area contributed by atoms with E-state index in [1.165, 1.54) is 0 Å². The molecule has 0 bridgehead atoms. The molecule has 0 spiro atoms. The molecule has 0 saturated carbocycles. The van der Waals surface area contributed by atoms with Crippen molar-refractivity contribution in [2.45, 2.75) is 0 Å². The highest BCUT2D eigenvalue weighted by Gasteiger charge is 1.97. The van der Waals surface area contributed by atoms with E-state index in [1.54, 1.807) is 18.5 Å². The molecule has 0 N–H and O–H groups in total. The second-order valence-electron chi connectivity index (χ2n) is 2.90. The van der Waals surface area contributed by atoms with Gasteiger partial charge in [-0.3, -0.25) is 4.98 Å². The third-order valence-corrected chi connectivity index (χ3v) is 1.97. The van der Waals surface area contributed by atoms with Crippen molar-refractivity contribution < 1.29 is 0 Å². The average molecular weight is 180 g/mol. The lowest BCUT2D eigenvalue weighted by Crippen LogP contribution is -1.77. The lowest BCUT2D eigenvalue weighted by Gasteiger charge is -2.00. The van der Waals surface area contributed by atoms with Gasteiger partial charge in [0.25, 0.3) is 0 Å². The van der Waals surface area contributed by atoms with E-state index in [1.807, 2.05) is 30.3 Å². The molecular formula is C12H8N2. The number of aromatic nitrogens is 1. The summed E-state index contributed by atoms with van der Waals surface area (Å²) in [6, 6.07) is 11.4. The lowest BCUT2D eigenvalue weighted by molar-refractivity contribution is 1.33. The number of rotatable bonds is 1. The second-order valence-corrected chi connectivity index (χ2v) is 2.90. The molecule has 1 heterocycles. The molecule has 0 aliphatic heterocycles. The molecule has 0 unspecified atom stereocenters. The van der Waals surface area contributed by atoms with Crippen molar-refractivity contribution in [2.75, 3.05) is 0 Å². The van der Waals surface area contributed by atoms with Gasteiger partial charge in [0.05, 0.1) is 6.57 Å². The van der Waals surface area contributed by atoms with Crippen LogP contribution in [0.1, 0.15) is 0 Å². The average Bonchev–Trinajstić information content (AvgIpc) is 2.30. The SMILES string of the molecule is [C-]#[N+]c1cccc(-c2cccnc2)c1. The summed E-state index contributed by atoms with van der Waals surface area (Å²) in [5.74, 6) is 0. The Hall–Kier alpha value is -2.14. The third kappa shape index (κ3) is 1.62. The van der Waals surface area contributed by atoms with Gasteiger partial charge in [-0.15, -0.1) is 0 Å². The van der Waals surface area contributed by atoms with E-state index in [2.05, 4.69) is 9.83 Å². The van der Waals surface area contributed by atoms with Gasteiger partial charge in [-0.25, -0.2) is 4.85 Å². The molecule has 2 nitrogen and oxygen atoms in total. The summed E-state index contributed by atoms with van der Waals surface area (Å²) in [5, 5.41) is 0. The van der Waals surface area contributed by atoms with Crippen molar-refractivity contribution in [3.63, 3.8) is 0 Å². The first-order valence-corrected chi connectivity index (χ1v) is 4.28. The van der Waals surface area contributed by atoms with E-state index in [4.69, 9.17) is 6.57 Å². The first-order valence-electron chi connectivity index (χ1n) is 4.28. The smallest absolute Gasteiger partial charge is 0.187 e. The molecule has 2 aromatic rings. The minimum Gasteiger partial charge on any atom is -0.264 e. The normalized spacial score (nSPS) is 9.36. The Morgan fingerprint density at radius 1 is 1.07 bits per heavy atom. The predicted molar refractivity (Wildman–Crippen MR) is 55.9 cm³/mol. The monoisotopic (exact) mass is 180 g/mol. The van der Waals surface area contributed by atoms with E-state index >= 15 is 0 Å². The summed E-state index contributed by atoms with van der Waals surface area (Å²) in [6.45, 7) is 6.91. The summed E-state index contributed by atoms with van der Waals surface area (Å²) in [5.41, 5.74) is 2.73. The van der Waals surface area contributed by atoms with Crippen LogP contribution in [0, 0.1) is 6.57 Å². The van der Waals surface area contributed by atoms with Gasteiger partial charge in [0.15, 0.2) is 5.69 Å². The summed E-state index contributed by atoms with van der Waals surface area (Å²) < 4.78 is 0. The molecule has 0 aliphatic carbocycles. The first kappa shape index (κ1) is 8.46. The van der Waals surface area contributed by atoms with Crippen LogP contribution < -0.4 is 0 Å². The second kappa shape index (κ2) is 3.71. The predicted octanol–water partition coefficient (Wildman–Crippen LogP) is 3.30. The van der Waals surface area contributed by atoms with Crippen molar-refractivity contribution in [3.05, 3.63) is 60.2 Å². The maximum Gasteiger partial charge on any atom is 0.187 e. The Kier molecular flexibility index (Phi) is 2.24. The highest BCUT2D eigenvalue weighted by atomic mass is 14.6. The lowest BCUT2D eigenvalue weighted by atomic mass is 10.1. The van der Waals surface area contributed by atoms with Crippen molar-refractivity contribution in [1.82, 2.24) is 4.98 Å². The number of nitrogens with zero attached hydrogens (tertiary/aromatic N) is 2. The number of benzene rings is 1. The van der Waals surface area contributed by atoms with Crippen LogP contribution in [-0.4, -0.2) is 4.98 Å². The van der Waals surface area contributed by atoms with Gasteiger partial charge in [-0.1, -0.05) is 24.3 Å². The summed E-state index contributed by atoms with van der Waals surface area (Å²) in [4.78, 5) is 7.43. The van der Waals surface area contributed by atoms with E-state index in [9.17, 15) is 0 Å². The molecule has 66 valence electrons. The first-order chi connectivity index (χ1) is 6.90. The summed E-state index contributed by atoms with van der Waals surface area (Å²) >= 11 is 0. The minimum atomic E-state index is 0.659. The number of hydrogen-bond donors (Lipinski definition) is 0.